The molecule has 2 atom stereocenters. The number of aliphatic carboxylic acids is 1. The molecule has 0 heterocycles. The molecule has 0 bridgehead atoms. The maximum Gasteiger partial charge on any atom is 0.309 e. The van der Waals surface area contributed by atoms with Crippen molar-refractivity contribution in [1.29, 1.82) is 0 Å². The Morgan fingerprint density at radius 3 is 2.42 bits per heavy atom. The van der Waals surface area contributed by atoms with Crippen LogP contribution in [0, 0.1) is 11.8 Å². The van der Waals surface area contributed by atoms with Crippen LogP contribution in [0.15, 0.2) is 12.2 Å². The van der Waals surface area contributed by atoms with Crippen LogP contribution < -0.4 is 0 Å². The summed E-state index contributed by atoms with van der Waals surface area (Å²) >= 11 is 0. The third-order valence-electron chi connectivity index (χ3n) is 3.21. The molecule has 1 rings (SSSR count). The zero-order valence-electron chi connectivity index (χ0n) is 11.4. The van der Waals surface area contributed by atoms with Crippen molar-refractivity contribution in [3.05, 3.63) is 12.2 Å². The van der Waals surface area contributed by atoms with Gasteiger partial charge in [0.15, 0.2) is 0 Å². The van der Waals surface area contributed by atoms with Gasteiger partial charge in [-0.15, -0.1) is 0 Å². The fourth-order valence-corrected chi connectivity index (χ4v) is 2.26. The summed E-state index contributed by atoms with van der Waals surface area (Å²) in [6.07, 6.45) is 2.90. The molecule has 0 spiro atoms. The van der Waals surface area contributed by atoms with Gasteiger partial charge in [0, 0.05) is 0 Å². The molecule has 0 amide bonds. The van der Waals surface area contributed by atoms with Gasteiger partial charge >= 0.3 is 11.9 Å². The molecule has 0 aromatic heterocycles. The van der Waals surface area contributed by atoms with Crippen LogP contribution >= 0.6 is 0 Å². The number of rotatable bonds is 7. The van der Waals surface area contributed by atoms with E-state index in [1.807, 2.05) is 6.92 Å². The maximum absolute atomic E-state index is 11.9. The molecule has 5 heteroatoms. The fraction of sp³-hybridized carbons (Fsp3) is 0.714. The quantitative estimate of drug-likeness (QED) is 0.435. The van der Waals surface area contributed by atoms with E-state index in [0.717, 1.165) is 18.4 Å². The Kier molecular flexibility index (Phi) is 6.56. The van der Waals surface area contributed by atoms with Gasteiger partial charge in [0.25, 0.3) is 0 Å². The minimum absolute atomic E-state index is 0.162. The lowest BCUT2D eigenvalue weighted by Crippen LogP contribution is -2.34. The average Bonchev–Trinajstić information content (AvgIpc) is 2.37. The molecule has 1 N–H and O–H groups in total. The summed E-state index contributed by atoms with van der Waals surface area (Å²) in [5.41, 5.74) is 0.907. The maximum atomic E-state index is 11.9. The molecule has 5 nitrogen and oxygen atoms in total. The highest BCUT2D eigenvalue weighted by Crippen LogP contribution is 2.31. The van der Waals surface area contributed by atoms with Gasteiger partial charge in [-0.3, -0.25) is 9.59 Å². The van der Waals surface area contributed by atoms with Gasteiger partial charge in [-0.25, -0.2) is 0 Å². The van der Waals surface area contributed by atoms with E-state index in [4.69, 9.17) is 14.6 Å². The van der Waals surface area contributed by atoms with Gasteiger partial charge in [-0.05, 0) is 19.8 Å². The molecule has 19 heavy (non-hydrogen) atoms. The third-order valence-corrected chi connectivity index (χ3v) is 3.21. The summed E-state index contributed by atoms with van der Waals surface area (Å²) in [4.78, 5) is 22.9. The van der Waals surface area contributed by atoms with Crippen molar-refractivity contribution < 1.29 is 24.2 Å². The first kappa shape index (κ1) is 15.7. The Bertz CT molecular complexity index is 337. The standard InChI is InChI=1S/C14H22O5/c1-10(2)9-18-7-8-19-14(17)12-6-4-3-5-11(12)13(15)16/h11-12H,1,3-9H2,2H3,(H,15,16). The Hall–Kier alpha value is -1.36. The van der Waals surface area contributed by atoms with Gasteiger partial charge in [-0.1, -0.05) is 25.0 Å². The summed E-state index contributed by atoms with van der Waals surface area (Å²) < 4.78 is 10.3. The van der Waals surface area contributed by atoms with Crippen LogP contribution in [0.5, 0.6) is 0 Å². The van der Waals surface area contributed by atoms with E-state index in [2.05, 4.69) is 6.58 Å². The van der Waals surface area contributed by atoms with E-state index in [9.17, 15) is 9.59 Å². The van der Waals surface area contributed by atoms with Crippen molar-refractivity contribution in [3.63, 3.8) is 0 Å². The first-order chi connectivity index (χ1) is 9.02. The Morgan fingerprint density at radius 1 is 1.21 bits per heavy atom. The van der Waals surface area contributed by atoms with E-state index in [1.165, 1.54) is 0 Å². The Morgan fingerprint density at radius 2 is 1.84 bits per heavy atom. The second-order valence-electron chi connectivity index (χ2n) is 5.01. The third kappa shape index (κ3) is 5.42. The summed E-state index contributed by atoms with van der Waals surface area (Å²) in [5.74, 6) is -2.42. The number of carbonyl (C=O) groups is 2. The van der Waals surface area contributed by atoms with Crippen LogP contribution in [0.3, 0.4) is 0 Å². The molecule has 1 fully saturated rings. The number of carbonyl (C=O) groups excluding carboxylic acids is 1. The number of ether oxygens (including phenoxy) is 2. The number of carboxylic acids is 1. The number of hydrogen-bond acceptors (Lipinski definition) is 4. The molecule has 0 aliphatic heterocycles. The summed E-state index contributed by atoms with van der Waals surface area (Å²) in [7, 11) is 0. The van der Waals surface area contributed by atoms with Gasteiger partial charge in [0.2, 0.25) is 0 Å². The molecule has 1 aliphatic rings. The molecule has 0 saturated heterocycles. The van der Waals surface area contributed by atoms with Crippen LogP contribution in [-0.2, 0) is 19.1 Å². The molecule has 0 aromatic rings. The lowest BCUT2D eigenvalue weighted by Gasteiger charge is -2.26. The Labute approximate surface area is 113 Å². The number of esters is 1. The fourth-order valence-electron chi connectivity index (χ4n) is 2.26. The monoisotopic (exact) mass is 270 g/mol. The summed E-state index contributed by atoms with van der Waals surface area (Å²) in [5, 5.41) is 9.09. The first-order valence-corrected chi connectivity index (χ1v) is 6.64. The van der Waals surface area contributed by atoms with Gasteiger partial charge in [0.05, 0.1) is 25.0 Å². The predicted molar refractivity (Wildman–Crippen MR) is 69.7 cm³/mol. The smallest absolute Gasteiger partial charge is 0.309 e. The highest BCUT2D eigenvalue weighted by Gasteiger charge is 2.36. The Balaban J connectivity index is 2.30. The van der Waals surface area contributed by atoms with Crippen molar-refractivity contribution in [2.45, 2.75) is 32.6 Å². The second kappa shape index (κ2) is 7.94. The van der Waals surface area contributed by atoms with Crippen LogP contribution in [0.4, 0.5) is 0 Å². The van der Waals surface area contributed by atoms with Crippen molar-refractivity contribution in [3.8, 4) is 0 Å². The minimum Gasteiger partial charge on any atom is -0.481 e. The molecule has 0 radical (unpaired) electrons. The second-order valence-corrected chi connectivity index (χ2v) is 5.01. The van der Waals surface area contributed by atoms with Gasteiger partial charge in [-0.2, -0.15) is 0 Å². The average molecular weight is 270 g/mol. The highest BCUT2D eigenvalue weighted by molar-refractivity contribution is 5.81. The van der Waals surface area contributed by atoms with Crippen molar-refractivity contribution in [2.24, 2.45) is 11.8 Å². The van der Waals surface area contributed by atoms with Crippen LogP contribution in [0.1, 0.15) is 32.6 Å². The molecular formula is C14H22O5. The zero-order chi connectivity index (χ0) is 14.3. The zero-order valence-corrected chi connectivity index (χ0v) is 11.4. The molecule has 2 unspecified atom stereocenters. The molecular weight excluding hydrogens is 248 g/mol. The van der Waals surface area contributed by atoms with Gasteiger partial charge in [0.1, 0.15) is 6.61 Å². The minimum atomic E-state index is -0.903. The van der Waals surface area contributed by atoms with E-state index in [-0.39, 0.29) is 6.61 Å². The normalized spacial score (nSPS) is 22.8. The van der Waals surface area contributed by atoms with Crippen LogP contribution in [0.25, 0.3) is 0 Å². The summed E-state index contributed by atoms with van der Waals surface area (Å²) in [6.45, 7) is 6.46. The predicted octanol–water partition coefficient (Wildman–Crippen LogP) is 2.01. The van der Waals surface area contributed by atoms with Crippen molar-refractivity contribution in [1.82, 2.24) is 0 Å². The first-order valence-electron chi connectivity index (χ1n) is 6.64. The molecule has 108 valence electrons. The van der Waals surface area contributed by atoms with Crippen LogP contribution in [-0.4, -0.2) is 36.9 Å². The molecule has 1 aliphatic carbocycles. The van der Waals surface area contributed by atoms with E-state index in [1.54, 1.807) is 0 Å². The topological polar surface area (TPSA) is 72.8 Å². The number of hydrogen-bond donors (Lipinski definition) is 1. The van der Waals surface area contributed by atoms with Gasteiger partial charge < -0.3 is 14.6 Å². The summed E-state index contributed by atoms with van der Waals surface area (Å²) in [6, 6.07) is 0. The van der Waals surface area contributed by atoms with Crippen molar-refractivity contribution in [2.75, 3.05) is 19.8 Å². The molecule has 1 saturated carbocycles. The SMILES string of the molecule is C=C(C)COCCOC(=O)C1CCCCC1C(=O)O. The highest BCUT2D eigenvalue weighted by atomic mass is 16.6. The van der Waals surface area contributed by atoms with Crippen LogP contribution in [0.2, 0.25) is 0 Å². The van der Waals surface area contributed by atoms with E-state index in [0.29, 0.717) is 26.1 Å². The van der Waals surface area contributed by atoms with Crippen molar-refractivity contribution >= 4 is 11.9 Å². The van der Waals surface area contributed by atoms with E-state index < -0.39 is 23.8 Å². The number of carboxylic acid groups (broad SMARTS) is 1. The largest absolute Gasteiger partial charge is 0.481 e. The van der Waals surface area contributed by atoms with E-state index >= 15 is 0 Å². The lowest BCUT2D eigenvalue weighted by molar-refractivity contribution is -0.160. The molecule has 0 aromatic carbocycles. The lowest BCUT2D eigenvalue weighted by atomic mass is 9.79.